The minimum Gasteiger partial charge on any atom is -0.347 e. The molecular formula is C12H8Br2ClNOS. The third-order valence-corrected chi connectivity index (χ3v) is 5.24. The van der Waals surface area contributed by atoms with Crippen molar-refractivity contribution in [2.75, 3.05) is 0 Å². The molecule has 2 nitrogen and oxygen atoms in total. The lowest BCUT2D eigenvalue weighted by atomic mass is 10.2. The normalized spacial score (nSPS) is 10.4. The van der Waals surface area contributed by atoms with Crippen LogP contribution in [0.1, 0.15) is 15.2 Å². The van der Waals surface area contributed by atoms with E-state index in [2.05, 4.69) is 37.2 Å². The Morgan fingerprint density at radius 3 is 2.83 bits per heavy atom. The maximum atomic E-state index is 12.0. The lowest BCUT2D eigenvalue weighted by molar-refractivity contribution is 0.0951. The molecule has 1 aromatic heterocycles. The third-order valence-electron chi connectivity index (χ3n) is 2.24. The van der Waals surface area contributed by atoms with Crippen LogP contribution in [0.25, 0.3) is 0 Å². The van der Waals surface area contributed by atoms with E-state index < -0.39 is 0 Å². The van der Waals surface area contributed by atoms with Gasteiger partial charge in [-0.15, -0.1) is 11.3 Å². The van der Waals surface area contributed by atoms with Crippen molar-refractivity contribution in [1.29, 1.82) is 0 Å². The number of hydrogen-bond donors (Lipinski definition) is 1. The highest BCUT2D eigenvalue weighted by Crippen LogP contribution is 2.26. The van der Waals surface area contributed by atoms with Gasteiger partial charge in [-0.1, -0.05) is 17.7 Å². The summed E-state index contributed by atoms with van der Waals surface area (Å²) in [5.41, 5.74) is 0.474. The second-order valence-electron chi connectivity index (χ2n) is 3.52. The predicted molar refractivity (Wildman–Crippen MR) is 82.3 cm³/mol. The molecule has 0 unspecified atom stereocenters. The van der Waals surface area contributed by atoms with E-state index in [1.54, 1.807) is 29.5 Å². The summed E-state index contributed by atoms with van der Waals surface area (Å²) < 4.78 is 1.74. The Labute approximate surface area is 131 Å². The summed E-state index contributed by atoms with van der Waals surface area (Å²) in [6.45, 7) is 0.498. The van der Waals surface area contributed by atoms with Gasteiger partial charge >= 0.3 is 0 Å². The van der Waals surface area contributed by atoms with E-state index in [-0.39, 0.29) is 5.91 Å². The molecule has 0 radical (unpaired) electrons. The van der Waals surface area contributed by atoms with Crippen LogP contribution in [0.4, 0.5) is 0 Å². The highest BCUT2D eigenvalue weighted by atomic mass is 79.9. The van der Waals surface area contributed by atoms with Gasteiger partial charge in [0, 0.05) is 19.2 Å². The van der Waals surface area contributed by atoms with Gasteiger partial charge in [0.2, 0.25) is 0 Å². The first kappa shape index (κ1) is 14.1. The molecule has 1 N–H and O–H groups in total. The number of carbonyl (C=O) groups is 1. The van der Waals surface area contributed by atoms with E-state index in [0.29, 0.717) is 17.1 Å². The van der Waals surface area contributed by atoms with Crippen LogP contribution in [-0.4, -0.2) is 5.91 Å². The van der Waals surface area contributed by atoms with E-state index in [1.807, 2.05) is 11.4 Å². The molecule has 6 heteroatoms. The van der Waals surface area contributed by atoms with Gasteiger partial charge in [-0.25, -0.2) is 0 Å². The molecule has 0 saturated heterocycles. The number of thiophene rings is 1. The Kier molecular flexibility index (Phi) is 4.84. The Morgan fingerprint density at radius 2 is 2.17 bits per heavy atom. The summed E-state index contributed by atoms with van der Waals surface area (Å²) in [5, 5.41) is 5.25. The maximum absolute atomic E-state index is 12.0. The van der Waals surface area contributed by atoms with Crippen molar-refractivity contribution in [3.8, 4) is 0 Å². The molecule has 0 spiro atoms. The standard InChI is InChI=1S/C12H8Br2ClNOS/c13-7-4-8(18-6-7)5-16-12(17)9-2-1-3-10(14)11(9)15/h1-4,6H,5H2,(H,16,17). The summed E-state index contributed by atoms with van der Waals surface area (Å²) in [6.07, 6.45) is 0. The highest BCUT2D eigenvalue weighted by Gasteiger charge is 2.12. The number of carbonyl (C=O) groups excluding carboxylic acids is 1. The molecular weight excluding hydrogens is 401 g/mol. The van der Waals surface area contributed by atoms with Crippen molar-refractivity contribution in [1.82, 2.24) is 5.32 Å². The van der Waals surface area contributed by atoms with Gasteiger partial charge in [0.1, 0.15) is 0 Å². The van der Waals surface area contributed by atoms with Crippen LogP contribution < -0.4 is 5.32 Å². The smallest absolute Gasteiger partial charge is 0.253 e. The zero-order valence-electron chi connectivity index (χ0n) is 9.04. The first-order valence-electron chi connectivity index (χ1n) is 5.03. The summed E-state index contributed by atoms with van der Waals surface area (Å²) in [5.74, 6) is -0.175. The molecule has 1 aromatic carbocycles. The molecule has 0 fully saturated rings. The fraction of sp³-hybridized carbons (Fsp3) is 0.0833. The van der Waals surface area contributed by atoms with Gasteiger partial charge in [-0.3, -0.25) is 4.79 Å². The average Bonchev–Trinajstić information content (AvgIpc) is 2.76. The van der Waals surface area contributed by atoms with Crippen LogP contribution in [-0.2, 0) is 6.54 Å². The molecule has 0 aliphatic carbocycles. The second kappa shape index (κ2) is 6.19. The molecule has 0 atom stereocenters. The zero-order valence-corrected chi connectivity index (χ0v) is 13.8. The highest BCUT2D eigenvalue weighted by molar-refractivity contribution is 9.10. The fourth-order valence-electron chi connectivity index (χ4n) is 1.39. The van der Waals surface area contributed by atoms with Gasteiger partial charge in [-0.2, -0.15) is 0 Å². The Bertz CT molecular complexity index is 585. The number of rotatable bonds is 3. The first-order chi connectivity index (χ1) is 8.58. The van der Waals surface area contributed by atoms with Crippen LogP contribution in [0, 0.1) is 0 Å². The van der Waals surface area contributed by atoms with Crippen LogP contribution in [0.5, 0.6) is 0 Å². The average molecular weight is 410 g/mol. The minimum atomic E-state index is -0.175. The van der Waals surface area contributed by atoms with E-state index in [0.717, 1.165) is 13.8 Å². The zero-order chi connectivity index (χ0) is 13.1. The maximum Gasteiger partial charge on any atom is 0.253 e. The quantitative estimate of drug-likeness (QED) is 0.771. The summed E-state index contributed by atoms with van der Waals surface area (Å²) in [4.78, 5) is 13.1. The molecule has 0 saturated carbocycles. The molecule has 0 aliphatic rings. The van der Waals surface area contributed by atoms with Crippen molar-refractivity contribution in [2.45, 2.75) is 6.54 Å². The van der Waals surface area contributed by atoms with Gasteiger partial charge < -0.3 is 5.32 Å². The van der Waals surface area contributed by atoms with Crippen molar-refractivity contribution in [3.63, 3.8) is 0 Å². The molecule has 18 heavy (non-hydrogen) atoms. The van der Waals surface area contributed by atoms with Gasteiger partial charge in [0.15, 0.2) is 0 Å². The van der Waals surface area contributed by atoms with Gasteiger partial charge in [0.25, 0.3) is 5.91 Å². The fourth-order valence-corrected chi connectivity index (χ4v) is 3.36. The van der Waals surface area contributed by atoms with Gasteiger partial charge in [0.05, 0.1) is 17.1 Å². The van der Waals surface area contributed by atoms with Gasteiger partial charge in [-0.05, 0) is 50.1 Å². The lowest BCUT2D eigenvalue weighted by Crippen LogP contribution is -2.22. The SMILES string of the molecule is O=C(NCc1cc(Br)cs1)c1cccc(Br)c1Cl. The van der Waals surface area contributed by atoms with Crippen LogP contribution in [0.2, 0.25) is 5.02 Å². The monoisotopic (exact) mass is 407 g/mol. The summed E-state index contributed by atoms with van der Waals surface area (Å²) in [6, 6.07) is 7.27. The number of halogens is 3. The molecule has 2 rings (SSSR count). The molecule has 2 aromatic rings. The van der Waals surface area contributed by atoms with Crippen molar-refractivity contribution in [3.05, 3.63) is 54.1 Å². The first-order valence-corrected chi connectivity index (χ1v) is 7.87. The second-order valence-corrected chi connectivity index (χ2v) is 6.66. The van der Waals surface area contributed by atoms with Crippen LogP contribution in [0.15, 0.2) is 38.6 Å². The number of nitrogens with one attached hydrogen (secondary N) is 1. The summed E-state index contributed by atoms with van der Waals surface area (Å²) >= 11 is 14.3. The van der Waals surface area contributed by atoms with Crippen molar-refractivity contribution >= 4 is 60.7 Å². The molecule has 1 heterocycles. The largest absolute Gasteiger partial charge is 0.347 e. The van der Waals surface area contributed by atoms with E-state index in [9.17, 15) is 4.79 Å². The molecule has 94 valence electrons. The van der Waals surface area contributed by atoms with Crippen LogP contribution in [0.3, 0.4) is 0 Å². The Balaban J connectivity index is 2.06. The molecule has 0 bridgehead atoms. The molecule has 1 amide bonds. The van der Waals surface area contributed by atoms with Crippen LogP contribution >= 0.6 is 54.8 Å². The van der Waals surface area contributed by atoms with E-state index in [1.165, 1.54) is 0 Å². The Morgan fingerprint density at radius 1 is 1.39 bits per heavy atom. The minimum absolute atomic E-state index is 0.175. The van der Waals surface area contributed by atoms with E-state index >= 15 is 0 Å². The van der Waals surface area contributed by atoms with Crippen molar-refractivity contribution in [2.24, 2.45) is 0 Å². The summed E-state index contributed by atoms with van der Waals surface area (Å²) in [7, 11) is 0. The van der Waals surface area contributed by atoms with E-state index in [4.69, 9.17) is 11.6 Å². The predicted octanol–water partition coefficient (Wildman–Crippen LogP) is 4.86. The number of hydrogen-bond acceptors (Lipinski definition) is 2. The third kappa shape index (κ3) is 3.35. The molecule has 0 aliphatic heterocycles. The number of benzene rings is 1. The lowest BCUT2D eigenvalue weighted by Gasteiger charge is -2.06. The van der Waals surface area contributed by atoms with Crippen molar-refractivity contribution < 1.29 is 4.79 Å². The number of amides is 1. The topological polar surface area (TPSA) is 29.1 Å². The Hall–Kier alpha value is -0.360.